The van der Waals surface area contributed by atoms with E-state index in [2.05, 4.69) is 26.5 Å². The number of nitrogens with zero attached hydrogens (tertiary/aromatic N) is 1. The first-order valence-electron chi connectivity index (χ1n) is 5.99. The monoisotopic (exact) mass is 332 g/mol. The van der Waals surface area contributed by atoms with E-state index in [9.17, 15) is 9.90 Å². The zero-order chi connectivity index (χ0) is 14.4. The van der Waals surface area contributed by atoms with E-state index in [0.717, 1.165) is 15.6 Å². The van der Waals surface area contributed by atoms with Crippen molar-refractivity contribution in [1.82, 2.24) is 5.43 Å². The molecule has 2 aromatic rings. The van der Waals surface area contributed by atoms with Gasteiger partial charge in [0.2, 0.25) is 5.91 Å². The first kappa shape index (κ1) is 14.3. The minimum atomic E-state index is -0.234. The second-order valence-corrected chi connectivity index (χ2v) is 5.11. The molecular weight excluding hydrogens is 320 g/mol. The summed E-state index contributed by atoms with van der Waals surface area (Å²) >= 11 is 3.36. The highest BCUT2D eigenvalue weighted by molar-refractivity contribution is 9.10. The number of phenolic OH excluding ortho intramolecular Hbond substituents is 1. The van der Waals surface area contributed by atoms with E-state index in [4.69, 9.17) is 0 Å². The Bertz CT molecular complexity index is 641. The summed E-state index contributed by atoms with van der Waals surface area (Å²) in [6, 6.07) is 14.2. The lowest BCUT2D eigenvalue weighted by Gasteiger charge is -2.01. The van der Waals surface area contributed by atoms with Crippen LogP contribution in [0.2, 0.25) is 0 Å². The van der Waals surface area contributed by atoms with Crippen LogP contribution >= 0.6 is 15.9 Å². The van der Waals surface area contributed by atoms with Crippen LogP contribution < -0.4 is 5.43 Å². The number of aromatic hydroxyl groups is 1. The third-order valence-corrected chi connectivity index (χ3v) is 3.02. The van der Waals surface area contributed by atoms with Crippen LogP contribution in [0.15, 0.2) is 58.1 Å². The molecule has 0 fully saturated rings. The maximum Gasteiger partial charge on any atom is 0.244 e. The molecule has 0 aliphatic carbocycles. The standard InChI is InChI=1S/C15H13BrN2O2/c16-13-5-1-4-12(7-13)10-17-18-15(20)9-11-3-2-6-14(19)8-11/h1-8,10,19H,9H2,(H,18,20)/b17-10+. The summed E-state index contributed by atoms with van der Waals surface area (Å²) in [5.41, 5.74) is 4.07. The fourth-order valence-electron chi connectivity index (χ4n) is 1.66. The largest absolute Gasteiger partial charge is 0.508 e. The van der Waals surface area contributed by atoms with Crippen LogP contribution in [0.1, 0.15) is 11.1 Å². The highest BCUT2D eigenvalue weighted by Crippen LogP contribution is 2.11. The summed E-state index contributed by atoms with van der Waals surface area (Å²) in [5, 5.41) is 13.2. The predicted molar refractivity (Wildman–Crippen MR) is 81.7 cm³/mol. The molecule has 0 aromatic heterocycles. The molecular formula is C15H13BrN2O2. The van der Waals surface area contributed by atoms with E-state index >= 15 is 0 Å². The van der Waals surface area contributed by atoms with Gasteiger partial charge in [0.25, 0.3) is 0 Å². The third kappa shape index (κ3) is 4.51. The lowest BCUT2D eigenvalue weighted by Crippen LogP contribution is -2.19. The zero-order valence-electron chi connectivity index (χ0n) is 10.6. The van der Waals surface area contributed by atoms with Crippen LogP contribution in [-0.2, 0) is 11.2 Å². The summed E-state index contributed by atoms with van der Waals surface area (Å²) in [6.45, 7) is 0. The molecule has 0 saturated carbocycles. The first-order chi connectivity index (χ1) is 9.63. The molecule has 5 heteroatoms. The number of rotatable bonds is 4. The Morgan fingerprint density at radius 1 is 1.25 bits per heavy atom. The van der Waals surface area contributed by atoms with Gasteiger partial charge in [-0.25, -0.2) is 5.43 Å². The van der Waals surface area contributed by atoms with Gasteiger partial charge in [-0.3, -0.25) is 4.79 Å². The molecule has 0 radical (unpaired) electrons. The fourth-order valence-corrected chi connectivity index (χ4v) is 2.07. The van der Waals surface area contributed by atoms with E-state index < -0.39 is 0 Å². The van der Waals surface area contributed by atoms with E-state index in [1.54, 1.807) is 30.5 Å². The van der Waals surface area contributed by atoms with Gasteiger partial charge in [-0.05, 0) is 35.4 Å². The van der Waals surface area contributed by atoms with Gasteiger partial charge in [0.1, 0.15) is 5.75 Å². The summed E-state index contributed by atoms with van der Waals surface area (Å²) in [4.78, 5) is 11.7. The van der Waals surface area contributed by atoms with Crippen LogP contribution in [-0.4, -0.2) is 17.2 Å². The van der Waals surface area contributed by atoms with Gasteiger partial charge in [0.15, 0.2) is 0 Å². The third-order valence-electron chi connectivity index (χ3n) is 2.53. The Morgan fingerprint density at radius 2 is 2.05 bits per heavy atom. The van der Waals surface area contributed by atoms with Crippen LogP contribution in [0.3, 0.4) is 0 Å². The zero-order valence-corrected chi connectivity index (χ0v) is 12.2. The minimum Gasteiger partial charge on any atom is -0.508 e. The van der Waals surface area contributed by atoms with Crippen molar-refractivity contribution in [2.45, 2.75) is 6.42 Å². The Hall–Kier alpha value is -2.14. The van der Waals surface area contributed by atoms with Crippen molar-refractivity contribution in [3.05, 3.63) is 64.1 Å². The summed E-state index contributed by atoms with van der Waals surface area (Å²) in [7, 11) is 0. The number of phenols is 1. The Balaban J connectivity index is 1.89. The highest BCUT2D eigenvalue weighted by Gasteiger charge is 2.02. The second kappa shape index (κ2) is 6.86. The lowest BCUT2D eigenvalue weighted by molar-refractivity contribution is -0.120. The van der Waals surface area contributed by atoms with Gasteiger partial charge >= 0.3 is 0 Å². The van der Waals surface area contributed by atoms with Gasteiger partial charge in [0, 0.05) is 4.47 Å². The number of carbonyl (C=O) groups is 1. The quantitative estimate of drug-likeness (QED) is 0.668. The number of nitrogens with one attached hydrogen (secondary N) is 1. The van der Waals surface area contributed by atoms with Gasteiger partial charge in [-0.2, -0.15) is 5.10 Å². The number of hydrogen-bond donors (Lipinski definition) is 2. The molecule has 2 aromatic carbocycles. The smallest absolute Gasteiger partial charge is 0.244 e. The molecule has 0 spiro atoms. The maximum absolute atomic E-state index is 11.7. The summed E-state index contributed by atoms with van der Waals surface area (Å²) in [6.07, 6.45) is 1.75. The molecule has 0 heterocycles. The van der Waals surface area contributed by atoms with E-state index in [0.29, 0.717) is 0 Å². The first-order valence-corrected chi connectivity index (χ1v) is 6.78. The van der Waals surface area contributed by atoms with Crippen LogP contribution in [0.5, 0.6) is 5.75 Å². The van der Waals surface area contributed by atoms with E-state index in [1.165, 1.54) is 0 Å². The SMILES string of the molecule is O=C(Cc1cccc(O)c1)N/N=C/c1cccc(Br)c1. The Morgan fingerprint density at radius 3 is 2.80 bits per heavy atom. The number of benzene rings is 2. The lowest BCUT2D eigenvalue weighted by atomic mass is 10.1. The topological polar surface area (TPSA) is 61.7 Å². The van der Waals surface area contributed by atoms with Crippen molar-refractivity contribution >= 4 is 28.1 Å². The molecule has 0 aliphatic heterocycles. The van der Waals surface area contributed by atoms with E-state index in [1.807, 2.05) is 24.3 Å². The normalized spacial score (nSPS) is 10.7. The number of hydrazone groups is 1. The van der Waals surface area contributed by atoms with Crippen molar-refractivity contribution in [3.8, 4) is 5.75 Å². The summed E-state index contributed by atoms with van der Waals surface area (Å²) in [5.74, 6) is -0.0882. The van der Waals surface area contributed by atoms with Crippen molar-refractivity contribution in [2.75, 3.05) is 0 Å². The molecule has 1 amide bonds. The molecule has 0 aliphatic rings. The molecule has 0 saturated heterocycles. The number of hydrogen-bond acceptors (Lipinski definition) is 3. The molecule has 0 atom stereocenters. The van der Waals surface area contributed by atoms with Crippen molar-refractivity contribution in [3.63, 3.8) is 0 Å². The average Bonchev–Trinajstić information content (AvgIpc) is 2.38. The molecule has 20 heavy (non-hydrogen) atoms. The van der Waals surface area contributed by atoms with Gasteiger partial charge in [0.05, 0.1) is 12.6 Å². The minimum absolute atomic E-state index is 0.146. The number of amides is 1. The second-order valence-electron chi connectivity index (χ2n) is 4.19. The van der Waals surface area contributed by atoms with Crippen molar-refractivity contribution in [2.24, 2.45) is 5.10 Å². The molecule has 102 valence electrons. The van der Waals surface area contributed by atoms with Gasteiger partial charge in [-0.1, -0.05) is 40.2 Å². The van der Waals surface area contributed by atoms with Crippen molar-refractivity contribution in [1.29, 1.82) is 0 Å². The average molecular weight is 333 g/mol. The Labute approximate surface area is 125 Å². The van der Waals surface area contributed by atoms with Crippen LogP contribution in [0.25, 0.3) is 0 Å². The highest BCUT2D eigenvalue weighted by atomic mass is 79.9. The Kier molecular flexibility index (Phi) is 4.90. The number of halogens is 1. The van der Waals surface area contributed by atoms with Gasteiger partial charge < -0.3 is 5.11 Å². The number of carbonyl (C=O) groups excluding carboxylic acids is 1. The fraction of sp³-hybridized carbons (Fsp3) is 0.0667. The molecule has 0 bridgehead atoms. The van der Waals surface area contributed by atoms with Gasteiger partial charge in [-0.15, -0.1) is 0 Å². The predicted octanol–water partition coefficient (Wildman–Crippen LogP) is 2.85. The summed E-state index contributed by atoms with van der Waals surface area (Å²) < 4.78 is 0.951. The molecule has 0 unspecified atom stereocenters. The van der Waals surface area contributed by atoms with Crippen LogP contribution in [0.4, 0.5) is 0 Å². The maximum atomic E-state index is 11.7. The molecule has 2 N–H and O–H groups in total. The van der Waals surface area contributed by atoms with Crippen LogP contribution in [0, 0.1) is 0 Å². The molecule has 4 nitrogen and oxygen atoms in total. The molecule has 2 rings (SSSR count). The van der Waals surface area contributed by atoms with E-state index in [-0.39, 0.29) is 18.1 Å². The van der Waals surface area contributed by atoms with Crippen molar-refractivity contribution < 1.29 is 9.90 Å².